The molecule has 16 heavy (non-hydrogen) atoms. The van der Waals surface area contributed by atoms with Crippen LogP contribution >= 0.6 is 23.1 Å². The van der Waals surface area contributed by atoms with E-state index in [1.807, 2.05) is 6.20 Å². The van der Waals surface area contributed by atoms with Crippen molar-refractivity contribution in [3.63, 3.8) is 0 Å². The number of rotatable bonds is 5. The van der Waals surface area contributed by atoms with E-state index in [4.69, 9.17) is 5.73 Å². The number of thiophene rings is 1. The van der Waals surface area contributed by atoms with Crippen molar-refractivity contribution < 1.29 is 0 Å². The molecule has 2 atom stereocenters. The molecule has 2 aromatic heterocycles. The van der Waals surface area contributed by atoms with Gasteiger partial charge in [0.05, 0.1) is 5.25 Å². The number of aromatic nitrogens is 2. The number of hydrogen-bond acceptors (Lipinski definition) is 4. The number of nitrogens with zero attached hydrogens (tertiary/aromatic N) is 1. The lowest BCUT2D eigenvalue weighted by Crippen LogP contribution is -2.25. The predicted molar refractivity (Wildman–Crippen MR) is 69.8 cm³/mol. The molecule has 0 aliphatic rings. The Bertz CT molecular complexity index is 397. The van der Waals surface area contributed by atoms with E-state index in [0.717, 1.165) is 11.6 Å². The Balaban J connectivity index is 2.15. The number of nitrogens with one attached hydrogen (secondary N) is 1. The van der Waals surface area contributed by atoms with Gasteiger partial charge in [0.15, 0.2) is 5.16 Å². The van der Waals surface area contributed by atoms with Crippen LogP contribution in [0.2, 0.25) is 0 Å². The molecule has 2 aromatic rings. The average molecular weight is 253 g/mol. The Morgan fingerprint density at radius 3 is 3.06 bits per heavy atom. The van der Waals surface area contributed by atoms with Crippen LogP contribution in [0.1, 0.15) is 24.2 Å². The summed E-state index contributed by atoms with van der Waals surface area (Å²) >= 11 is 3.41. The fraction of sp³-hybridized carbons (Fsp3) is 0.364. The summed E-state index contributed by atoms with van der Waals surface area (Å²) in [4.78, 5) is 7.35. The van der Waals surface area contributed by atoms with Crippen LogP contribution in [-0.4, -0.2) is 16.0 Å². The standard InChI is InChI=1S/C11H15N3S2/c1-2-9(12)10(8-3-6-15-7-8)16-11-13-4-5-14-11/h3-7,9-10H,2,12H2,1H3,(H,13,14). The third-order valence-corrected chi connectivity index (χ3v) is 4.47. The highest BCUT2D eigenvalue weighted by Crippen LogP contribution is 2.37. The Morgan fingerprint density at radius 1 is 1.62 bits per heavy atom. The fourth-order valence-electron chi connectivity index (χ4n) is 1.49. The van der Waals surface area contributed by atoms with Crippen molar-refractivity contribution in [2.45, 2.75) is 29.8 Å². The highest BCUT2D eigenvalue weighted by molar-refractivity contribution is 7.99. The lowest BCUT2D eigenvalue weighted by Gasteiger charge is -2.20. The van der Waals surface area contributed by atoms with Gasteiger partial charge in [-0.15, -0.1) is 0 Å². The van der Waals surface area contributed by atoms with Crippen molar-refractivity contribution in [1.82, 2.24) is 9.97 Å². The predicted octanol–water partition coefficient (Wildman–Crippen LogP) is 3.04. The second-order valence-electron chi connectivity index (χ2n) is 3.56. The van der Waals surface area contributed by atoms with Crippen molar-refractivity contribution in [2.75, 3.05) is 0 Å². The zero-order chi connectivity index (χ0) is 11.4. The number of hydrogen-bond donors (Lipinski definition) is 2. The Labute approximate surface area is 103 Å². The molecule has 86 valence electrons. The van der Waals surface area contributed by atoms with E-state index in [2.05, 4.69) is 33.7 Å². The summed E-state index contributed by atoms with van der Waals surface area (Å²) in [5.74, 6) is 0. The molecule has 5 heteroatoms. The van der Waals surface area contributed by atoms with E-state index < -0.39 is 0 Å². The molecule has 0 amide bonds. The molecule has 0 aliphatic carbocycles. The highest BCUT2D eigenvalue weighted by atomic mass is 32.2. The summed E-state index contributed by atoms with van der Waals surface area (Å²) in [5, 5.41) is 5.46. The van der Waals surface area contributed by atoms with Gasteiger partial charge in [0.25, 0.3) is 0 Å². The van der Waals surface area contributed by atoms with Gasteiger partial charge in [-0.05, 0) is 28.8 Å². The third-order valence-electron chi connectivity index (χ3n) is 2.44. The van der Waals surface area contributed by atoms with Crippen LogP contribution in [0.4, 0.5) is 0 Å². The summed E-state index contributed by atoms with van der Waals surface area (Å²) in [6.07, 6.45) is 4.57. The van der Waals surface area contributed by atoms with Crippen molar-refractivity contribution in [3.05, 3.63) is 34.8 Å². The number of aromatic amines is 1. The molecular formula is C11H15N3S2. The van der Waals surface area contributed by atoms with E-state index in [1.165, 1.54) is 5.56 Å². The molecule has 3 N–H and O–H groups in total. The molecule has 0 bridgehead atoms. The Morgan fingerprint density at radius 2 is 2.50 bits per heavy atom. The minimum absolute atomic E-state index is 0.157. The normalized spacial score (nSPS) is 14.9. The van der Waals surface area contributed by atoms with E-state index in [1.54, 1.807) is 29.3 Å². The summed E-state index contributed by atoms with van der Waals surface area (Å²) < 4.78 is 0. The van der Waals surface area contributed by atoms with Gasteiger partial charge in [-0.2, -0.15) is 11.3 Å². The third kappa shape index (κ3) is 2.66. The highest BCUT2D eigenvalue weighted by Gasteiger charge is 2.21. The summed E-state index contributed by atoms with van der Waals surface area (Å²) in [6, 6.07) is 2.30. The number of thioether (sulfide) groups is 1. The molecule has 0 fully saturated rings. The number of nitrogens with two attached hydrogens (primary N) is 1. The molecule has 0 saturated carbocycles. The Hall–Kier alpha value is -0.780. The van der Waals surface area contributed by atoms with Crippen molar-refractivity contribution in [3.8, 4) is 0 Å². The number of imidazole rings is 1. The summed E-state index contributed by atoms with van der Waals surface area (Å²) in [6.45, 7) is 2.12. The maximum Gasteiger partial charge on any atom is 0.165 e. The van der Waals surface area contributed by atoms with Gasteiger partial charge >= 0.3 is 0 Å². The second-order valence-corrected chi connectivity index (χ2v) is 5.47. The minimum atomic E-state index is 0.157. The van der Waals surface area contributed by atoms with Crippen LogP contribution in [0.15, 0.2) is 34.4 Å². The van der Waals surface area contributed by atoms with Gasteiger partial charge in [0.2, 0.25) is 0 Å². The lowest BCUT2D eigenvalue weighted by atomic mass is 10.1. The molecule has 2 unspecified atom stereocenters. The molecule has 0 aromatic carbocycles. The van der Waals surface area contributed by atoms with Crippen molar-refractivity contribution >= 4 is 23.1 Å². The van der Waals surface area contributed by atoms with Crippen molar-refractivity contribution in [1.29, 1.82) is 0 Å². The maximum absolute atomic E-state index is 6.17. The first-order valence-corrected chi connectivity index (χ1v) is 7.07. The van der Waals surface area contributed by atoms with E-state index >= 15 is 0 Å². The van der Waals surface area contributed by atoms with Crippen LogP contribution in [0.5, 0.6) is 0 Å². The lowest BCUT2D eigenvalue weighted by molar-refractivity contribution is 0.634. The van der Waals surface area contributed by atoms with E-state index in [9.17, 15) is 0 Å². The molecule has 0 radical (unpaired) electrons. The molecule has 3 nitrogen and oxygen atoms in total. The molecule has 2 heterocycles. The minimum Gasteiger partial charge on any atom is -0.340 e. The first-order valence-electron chi connectivity index (χ1n) is 5.25. The molecular weight excluding hydrogens is 238 g/mol. The maximum atomic E-state index is 6.17. The van der Waals surface area contributed by atoms with Gasteiger partial charge in [0, 0.05) is 18.4 Å². The van der Waals surface area contributed by atoms with Crippen LogP contribution < -0.4 is 5.73 Å². The molecule has 0 saturated heterocycles. The SMILES string of the molecule is CCC(N)C(Sc1ncc[nH]1)c1ccsc1. The topological polar surface area (TPSA) is 54.7 Å². The fourth-order valence-corrected chi connectivity index (χ4v) is 3.42. The van der Waals surface area contributed by atoms with Gasteiger partial charge in [-0.25, -0.2) is 4.98 Å². The quantitative estimate of drug-likeness (QED) is 0.805. The van der Waals surface area contributed by atoms with Crippen molar-refractivity contribution in [2.24, 2.45) is 5.73 Å². The smallest absolute Gasteiger partial charge is 0.165 e. The van der Waals surface area contributed by atoms with E-state index in [0.29, 0.717) is 0 Å². The van der Waals surface area contributed by atoms with E-state index in [-0.39, 0.29) is 11.3 Å². The molecule has 0 aliphatic heterocycles. The van der Waals surface area contributed by atoms with Gasteiger partial charge in [0.1, 0.15) is 0 Å². The second kappa shape index (κ2) is 5.52. The van der Waals surface area contributed by atoms with Crippen LogP contribution in [0.3, 0.4) is 0 Å². The largest absolute Gasteiger partial charge is 0.340 e. The molecule has 2 rings (SSSR count). The molecule has 0 spiro atoms. The zero-order valence-corrected chi connectivity index (χ0v) is 10.7. The van der Waals surface area contributed by atoms with Crippen LogP contribution in [0, 0.1) is 0 Å². The van der Waals surface area contributed by atoms with Crippen LogP contribution in [-0.2, 0) is 0 Å². The monoisotopic (exact) mass is 253 g/mol. The van der Waals surface area contributed by atoms with Gasteiger partial charge in [-0.3, -0.25) is 0 Å². The Kier molecular flexibility index (Phi) is 4.04. The van der Waals surface area contributed by atoms with Crippen LogP contribution in [0.25, 0.3) is 0 Å². The summed E-state index contributed by atoms with van der Waals surface area (Å²) in [5.41, 5.74) is 7.46. The van der Waals surface area contributed by atoms with Gasteiger partial charge in [-0.1, -0.05) is 18.7 Å². The summed E-state index contributed by atoms with van der Waals surface area (Å²) in [7, 11) is 0. The zero-order valence-electron chi connectivity index (χ0n) is 9.09. The first kappa shape index (κ1) is 11.7. The average Bonchev–Trinajstić information content (AvgIpc) is 2.97. The number of H-pyrrole nitrogens is 1. The first-order chi connectivity index (χ1) is 7.81. The van der Waals surface area contributed by atoms with Gasteiger partial charge < -0.3 is 10.7 Å².